The molecule has 2 N–H and O–H groups in total. The van der Waals surface area contributed by atoms with E-state index in [9.17, 15) is 9.59 Å². The monoisotopic (exact) mass is 417 g/mol. The zero-order valence-corrected chi connectivity index (χ0v) is 17.2. The third-order valence-electron chi connectivity index (χ3n) is 4.63. The number of carbonyl (C=O) groups is 2. The van der Waals surface area contributed by atoms with Crippen LogP contribution in [0, 0.1) is 6.92 Å². The van der Waals surface area contributed by atoms with Gasteiger partial charge in [0.1, 0.15) is 15.6 Å². The highest BCUT2D eigenvalue weighted by atomic mass is 32.1. The SMILES string of the molecule is COc1cc2ccccc2cc1C(=O)NNC(=O)c1sc(-c2ccccc2)nc1C. The topological polar surface area (TPSA) is 80.3 Å². The van der Waals surface area contributed by atoms with Crippen molar-refractivity contribution in [3.05, 3.63) is 82.9 Å². The maximum absolute atomic E-state index is 12.7. The molecule has 1 heterocycles. The van der Waals surface area contributed by atoms with Gasteiger partial charge in [0.25, 0.3) is 11.8 Å². The minimum Gasteiger partial charge on any atom is -0.496 e. The van der Waals surface area contributed by atoms with Crippen LogP contribution in [-0.4, -0.2) is 23.9 Å². The average Bonchev–Trinajstić information content (AvgIpc) is 3.18. The fourth-order valence-electron chi connectivity index (χ4n) is 3.11. The van der Waals surface area contributed by atoms with E-state index in [1.54, 1.807) is 19.1 Å². The summed E-state index contributed by atoms with van der Waals surface area (Å²) in [7, 11) is 1.51. The van der Waals surface area contributed by atoms with Crippen molar-refractivity contribution in [3.63, 3.8) is 0 Å². The maximum Gasteiger partial charge on any atom is 0.281 e. The zero-order chi connectivity index (χ0) is 21.1. The molecule has 150 valence electrons. The first-order chi connectivity index (χ1) is 14.6. The van der Waals surface area contributed by atoms with Gasteiger partial charge in [-0.05, 0) is 29.8 Å². The Labute approximate surface area is 177 Å². The number of benzene rings is 3. The van der Waals surface area contributed by atoms with Gasteiger partial charge < -0.3 is 4.74 Å². The van der Waals surface area contributed by atoms with Gasteiger partial charge in [0.15, 0.2) is 0 Å². The molecule has 0 aliphatic rings. The first-order valence-electron chi connectivity index (χ1n) is 9.27. The summed E-state index contributed by atoms with van der Waals surface area (Å²) in [6.07, 6.45) is 0. The molecule has 4 rings (SSSR count). The summed E-state index contributed by atoms with van der Waals surface area (Å²) in [5.41, 5.74) is 6.83. The van der Waals surface area contributed by atoms with Crippen LogP contribution in [0.25, 0.3) is 21.3 Å². The molecule has 7 heteroatoms. The number of amides is 2. The van der Waals surface area contributed by atoms with E-state index in [0.29, 0.717) is 21.9 Å². The molecule has 0 aliphatic heterocycles. The third kappa shape index (κ3) is 3.88. The number of methoxy groups -OCH3 is 1. The molecule has 0 spiro atoms. The molecule has 6 nitrogen and oxygen atoms in total. The van der Waals surface area contributed by atoms with Crippen LogP contribution in [0.3, 0.4) is 0 Å². The highest BCUT2D eigenvalue weighted by Crippen LogP contribution is 2.28. The molecule has 2 amide bonds. The van der Waals surface area contributed by atoms with Gasteiger partial charge in [-0.2, -0.15) is 0 Å². The van der Waals surface area contributed by atoms with Gasteiger partial charge in [-0.3, -0.25) is 20.4 Å². The van der Waals surface area contributed by atoms with Gasteiger partial charge in [-0.1, -0.05) is 54.6 Å². The highest BCUT2D eigenvalue weighted by molar-refractivity contribution is 7.17. The van der Waals surface area contributed by atoms with Crippen LogP contribution < -0.4 is 15.6 Å². The smallest absolute Gasteiger partial charge is 0.281 e. The molecule has 30 heavy (non-hydrogen) atoms. The van der Waals surface area contributed by atoms with E-state index in [4.69, 9.17) is 4.74 Å². The molecule has 0 bridgehead atoms. The number of rotatable bonds is 4. The predicted molar refractivity (Wildman–Crippen MR) is 118 cm³/mol. The first kappa shape index (κ1) is 19.6. The lowest BCUT2D eigenvalue weighted by Crippen LogP contribution is -2.41. The van der Waals surface area contributed by atoms with Gasteiger partial charge in [0.2, 0.25) is 0 Å². The number of nitrogens with one attached hydrogen (secondary N) is 2. The van der Waals surface area contributed by atoms with E-state index in [2.05, 4.69) is 15.8 Å². The quantitative estimate of drug-likeness (QED) is 0.484. The highest BCUT2D eigenvalue weighted by Gasteiger charge is 2.18. The third-order valence-corrected chi connectivity index (χ3v) is 5.83. The molecule has 1 aromatic heterocycles. The summed E-state index contributed by atoms with van der Waals surface area (Å²) in [5, 5.41) is 2.62. The second-order valence-corrected chi connectivity index (χ2v) is 7.61. The Kier molecular flexibility index (Phi) is 5.45. The number of carbonyl (C=O) groups excluding carboxylic acids is 2. The van der Waals surface area contributed by atoms with E-state index in [1.165, 1.54) is 18.4 Å². The summed E-state index contributed by atoms with van der Waals surface area (Å²) in [5.74, 6) is -0.447. The van der Waals surface area contributed by atoms with E-state index >= 15 is 0 Å². The van der Waals surface area contributed by atoms with Crippen molar-refractivity contribution in [1.82, 2.24) is 15.8 Å². The molecule has 0 unspecified atom stereocenters. The van der Waals surface area contributed by atoms with Crippen molar-refractivity contribution in [1.29, 1.82) is 0 Å². The van der Waals surface area contributed by atoms with Crippen molar-refractivity contribution >= 4 is 33.9 Å². The summed E-state index contributed by atoms with van der Waals surface area (Å²) in [6.45, 7) is 1.77. The average molecular weight is 417 g/mol. The fourth-order valence-corrected chi connectivity index (χ4v) is 4.08. The van der Waals surface area contributed by atoms with E-state index in [1.807, 2.05) is 54.6 Å². The molecule has 3 aromatic carbocycles. The molecule has 0 aliphatic carbocycles. The van der Waals surface area contributed by atoms with Crippen LogP contribution in [0.15, 0.2) is 66.7 Å². The molecule has 0 atom stereocenters. The Bertz CT molecular complexity index is 1240. The van der Waals surface area contributed by atoms with Gasteiger partial charge in [0, 0.05) is 5.56 Å². The number of hydrogen-bond donors (Lipinski definition) is 2. The van der Waals surface area contributed by atoms with E-state index in [-0.39, 0.29) is 0 Å². The van der Waals surface area contributed by atoms with Crippen molar-refractivity contribution in [2.75, 3.05) is 7.11 Å². The molecule has 0 saturated carbocycles. The number of nitrogens with zero attached hydrogens (tertiary/aromatic N) is 1. The summed E-state index contributed by atoms with van der Waals surface area (Å²) in [6, 6.07) is 20.8. The second kappa shape index (κ2) is 8.34. The largest absolute Gasteiger partial charge is 0.496 e. The van der Waals surface area contributed by atoms with Crippen molar-refractivity contribution in [3.8, 4) is 16.3 Å². The van der Waals surface area contributed by atoms with Gasteiger partial charge in [0.05, 0.1) is 18.4 Å². The zero-order valence-electron chi connectivity index (χ0n) is 16.4. The lowest BCUT2D eigenvalue weighted by atomic mass is 10.1. The molecule has 0 saturated heterocycles. The Morgan fingerprint density at radius 1 is 0.900 bits per heavy atom. The van der Waals surface area contributed by atoms with Crippen LogP contribution in [0.2, 0.25) is 0 Å². The Balaban J connectivity index is 1.51. The minimum atomic E-state index is -0.462. The molecular weight excluding hydrogens is 398 g/mol. The van der Waals surface area contributed by atoms with Crippen molar-refractivity contribution < 1.29 is 14.3 Å². The number of fused-ring (bicyclic) bond motifs is 1. The van der Waals surface area contributed by atoms with Gasteiger partial charge in [-0.25, -0.2) is 4.98 Å². The number of thiazole rings is 1. The van der Waals surface area contributed by atoms with Crippen LogP contribution in [0.1, 0.15) is 25.7 Å². The van der Waals surface area contributed by atoms with Crippen LogP contribution >= 0.6 is 11.3 Å². The lowest BCUT2D eigenvalue weighted by Gasteiger charge is -2.11. The number of ether oxygens (including phenoxy) is 1. The Hall–Kier alpha value is -3.71. The van der Waals surface area contributed by atoms with Crippen LogP contribution in [-0.2, 0) is 0 Å². The van der Waals surface area contributed by atoms with Gasteiger partial charge in [-0.15, -0.1) is 11.3 Å². The van der Waals surface area contributed by atoms with Crippen molar-refractivity contribution in [2.24, 2.45) is 0 Å². The van der Waals surface area contributed by atoms with Crippen molar-refractivity contribution in [2.45, 2.75) is 6.92 Å². The fraction of sp³-hybridized carbons (Fsp3) is 0.0870. The van der Waals surface area contributed by atoms with Crippen LogP contribution in [0.4, 0.5) is 0 Å². The van der Waals surface area contributed by atoms with Crippen LogP contribution in [0.5, 0.6) is 5.75 Å². The van der Waals surface area contributed by atoms with E-state index in [0.717, 1.165) is 21.3 Å². The summed E-state index contributed by atoms with van der Waals surface area (Å²) >= 11 is 1.28. The number of aromatic nitrogens is 1. The Morgan fingerprint density at radius 2 is 1.53 bits per heavy atom. The minimum absolute atomic E-state index is 0.336. The second-order valence-electron chi connectivity index (χ2n) is 6.61. The number of hydrogen-bond acceptors (Lipinski definition) is 5. The number of hydrazine groups is 1. The predicted octanol–water partition coefficient (Wildman–Crippen LogP) is 4.36. The molecular formula is C23H19N3O3S. The Morgan fingerprint density at radius 3 is 2.23 bits per heavy atom. The molecule has 4 aromatic rings. The first-order valence-corrected chi connectivity index (χ1v) is 10.1. The summed E-state index contributed by atoms with van der Waals surface area (Å²) < 4.78 is 5.36. The van der Waals surface area contributed by atoms with Gasteiger partial charge >= 0.3 is 0 Å². The maximum atomic E-state index is 12.7. The standard InChI is InChI=1S/C23H19N3O3S/c1-14-20(30-23(24-14)15-8-4-3-5-9-15)22(28)26-25-21(27)18-12-16-10-6-7-11-17(16)13-19(18)29-2/h3-13H,1-2H3,(H,25,27)(H,26,28). The molecule has 0 fully saturated rings. The molecule has 0 radical (unpaired) electrons. The summed E-state index contributed by atoms with van der Waals surface area (Å²) in [4.78, 5) is 30.2. The normalized spacial score (nSPS) is 10.6. The number of aryl methyl sites for hydroxylation is 1. The van der Waals surface area contributed by atoms with E-state index < -0.39 is 11.8 Å². The lowest BCUT2D eigenvalue weighted by molar-refractivity contribution is 0.0846.